The summed E-state index contributed by atoms with van der Waals surface area (Å²) in [5.41, 5.74) is 4.47. The molecule has 4 N–H and O–H groups in total. The topological polar surface area (TPSA) is 75.9 Å². The maximum absolute atomic E-state index is 12.9. The van der Waals surface area contributed by atoms with Gasteiger partial charge in [0, 0.05) is 11.6 Å². The predicted molar refractivity (Wildman–Crippen MR) is 77.7 cm³/mol. The van der Waals surface area contributed by atoms with E-state index in [1.165, 1.54) is 18.5 Å². The van der Waals surface area contributed by atoms with Crippen molar-refractivity contribution in [2.45, 2.75) is 26.3 Å². The lowest BCUT2D eigenvalue weighted by Gasteiger charge is -2.18. The molecule has 1 heterocycles. The lowest BCUT2D eigenvalue weighted by atomic mass is 10.1. The Kier molecular flexibility index (Phi) is 4.47. The van der Waals surface area contributed by atoms with Crippen LogP contribution in [0, 0.1) is 5.82 Å². The second-order valence-electron chi connectivity index (χ2n) is 4.46. The molecule has 106 valence electrons. The van der Waals surface area contributed by atoms with E-state index in [2.05, 4.69) is 20.7 Å². The van der Waals surface area contributed by atoms with Gasteiger partial charge in [-0.3, -0.25) is 0 Å². The van der Waals surface area contributed by atoms with Gasteiger partial charge < -0.3 is 10.7 Å². The van der Waals surface area contributed by atoms with Gasteiger partial charge in [0.1, 0.15) is 23.8 Å². The molecule has 0 aliphatic rings. The fourth-order valence-corrected chi connectivity index (χ4v) is 2.04. The summed E-state index contributed by atoms with van der Waals surface area (Å²) in [6.07, 6.45) is 2.20. The molecule has 1 atom stereocenters. The molecule has 0 saturated heterocycles. The van der Waals surface area contributed by atoms with Crippen LogP contribution in [-0.2, 0) is 6.42 Å². The lowest BCUT2D eigenvalue weighted by Crippen LogP contribution is -2.15. The molecule has 0 bridgehead atoms. The molecule has 0 fully saturated rings. The summed E-state index contributed by atoms with van der Waals surface area (Å²) >= 11 is 0. The molecule has 2 aromatic rings. The van der Waals surface area contributed by atoms with Crippen molar-refractivity contribution in [3.63, 3.8) is 0 Å². The minimum Gasteiger partial charge on any atom is -0.363 e. The van der Waals surface area contributed by atoms with Crippen LogP contribution in [-0.4, -0.2) is 9.97 Å². The van der Waals surface area contributed by atoms with Crippen LogP contribution in [0.15, 0.2) is 30.6 Å². The molecular formula is C14H18FN5. The van der Waals surface area contributed by atoms with Crippen molar-refractivity contribution < 1.29 is 4.39 Å². The number of rotatable bonds is 5. The summed E-state index contributed by atoms with van der Waals surface area (Å²) in [4.78, 5) is 8.33. The van der Waals surface area contributed by atoms with Crippen molar-refractivity contribution >= 4 is 11.6 Å². The van der Waals surface area contributed by atoms with Crippen LogP contribution in [0.4, 0.5) is 16.0 Å². The fraction of sp³-hybridized carbons (Fsp3) is 0.286. The third-order valence-corrected chi connectivity index (χ3v) is 3.16. The van der Waals surface area contributed by atoms with Crippen LogP contribution in [0.1, 0.15) is 31.0 Å². The molecule has 0 aliphatic heterocycles. The van der Waals surface area contributed by atoms with Crippen LogP contribution in [0.5, 0.6) is 0 Å². The lowest BCUT2D eigenvalue weighted by molar-refractivity contribution is 0.626. The average Bonchev–Trinajstić information content (AvgIpc) is 2.47. The summed E-state index contributed by atoms with van der Waals surface area (Å²) in [5, 5.41) is 3.30. The zero-order chi connectivity index (χ0) is 14.5. The number of nitrogens with zero attached hydrogens (tertiary/aromatic N) is 2. The first-order chi connectivity index (χ1) is 9.65. The van der Waals surface area contributed by atoms with Gasteiger partial charge in [-0.2, -0.15) is 0 Å². The molecule has 0 saturated carbocycles. The molecular weight excluding hydrogens is 257 g/mol. The number of nitrogen functional groups attached to an aromatic ring is 1. The summed E-state index contributed by atoms with van der Waals surface area (Å²) in [5.74, 6) is 6.54. The molecule has 2 rings (SSSR count). The van der Waals surface area contributed by atoms with Gasteiger partial charge >= 0.3 is 0 Å². The Labute approximate surface area is 117 Å². The number of hydrogen-bond donors (Lipinski definition) is 3. The number of hydrogen-bond acceptors (Lipinski definition) is 5. The highest BCUT2D eigenvalue weighted by Gasteiger charge is 2.12. The highest BCUT2D eigenvalue weighted by molar-refractivity contribution is 5.57. The maximum atomic E-state index is 12.9. The number of hydrazine groups is 1. The van der Waals surface area contributed by atoms with E-state index in [0.717, 1.165) is 23.4 Å². The van der Waals surface area contributed by atoms with Crippen molar-refractivity contribution in [2.24, 2.45) is 5.84 Å². The quantitative estimate of drug-likeness (QED) is 0.577. The van der Waals surface area contributed by atoms with E-state index in [0.29, 0.717) is 5.82 Å². The molecule has 5 nitrogen and oxygen atoms in total. The minimum atomic E-state index is -0.244. The van der Waals surface area contributed by atoms with Gasteiger partial charge in [0.2, 0.25) is 0 Å². The summed E-state index contributed by atoms with van der Waals surface area (Å²) in [7, 11) is 0. The summed E-state index contributed by atoms with van der Waals surface area (Å²) in [6, 6.07) is 6.40. The van der Waals surface area contributed by atoms with Crippen molar-refractivity contribution in [1.29, 1.82) is 0 Å². The Morgan fingerprint density at radius 2 is 1.85 bits per heavy atom. The third kappa shape index (κ3) is 3.03. The van der Waals surface area contributed by atoms with Crippen LogP contribution < -0.4 is 16.6 Å². The van der Waals surface area contributed by atoms with Crippen molar-refractivity contribution in [2.75, 3.05) is 10.7 Å². The molecule has 1 aromatic carbocycles. The second kappa shape index (κ2) is 6.29. The molecule has 0 spiro atoms. The highest BCUT2D eigenvalue weighted by atomic mass is 19.1. The van der Waals surface area contributed by atoms with E-state index in [4.69, 9.17) is 5.84 Å². The van der Waals surface area contributed by atoms with Crippen LogP contribution in [0.3, 0.4) is 0 Å². The largest absolute Gasteiger partial charge is 0.363 e. The Hall–Kier alpha value is -2.21. The Balaban J connectivity index is 2.23. The molecule has 6 heteroatoms. The monoisotopic (exact) mass is 275 g/mol. The number of anilines is 2. The van der Waals surface area contributed by atoms with E-state index in [9.17, 15) is 4.39 Å². The first-order valence-electron chi connectivity index (χ1n) is 6.48. The van der Waals surface area contributed by atoms with E-state index in [1.807, 2.05) is 13.8 Å². The van der Waals surface area contributed by atoms with Gasteiger partial charge in [-0.15, -0.1) is 0 Å². The Morgan fingerprint density at radius 1 is 1.20 bits per heavy atom. The standard InChI is InChI=1S/C14H18FN5/c1-3-12-13(17-8-18-14(12)20-16)19-9(2)10-4-6-11(15)7-5-10/h4-9H,3,16H2,1-2H3,(H2,17,18,19,20). The second-order valence-corrected chi connectivity index (χ2v) is 4.46. The normalized spacial score (nSPS) is 12.0. The van der Waals surface area contributed by atoms with Gasteiger partial charge in [0.25, 0.3) is 0 Å². The fourth-order valence-electron chi connectivity index (χ4n) is 2.04. The number of nitrogens with one attached hydrogen (secondary N) is 2. The van der Waals surface area contributed by atoms with Crippen molar-refractivity contribution in [1.82, 2.24) is 9.97 Å². The average molecular weight is 275 g/mol. The van der Waals surface area contributed by atoms with Gasteiger partial charge in [-0.1, -0.05) is 19.1 Å². The third-order valence-electron chi connectivity index (χ3n) is 3.16. The zero-order valence-corrected chi connectivity index (χ0v) is 11.5. The van der Waals surface area contributed by atoms with Crippen LogP contribution >= 0.6 is 0 Å². The molecule has 0 aliphatic carbocycles. The van der Waals surface area contributed by atoms with Crippen molar-refractivity contribution in [3.05, 3.63) is 47.5 Å². The molecule has 20 heavy (non-hydrogen) atoms. The van der Waals surface area contributed by atoms with Crippen LogP contribution in [0.25, 0.3) is 0 Å². The molecule has 1 aromatic heterocycles. The number of benzene rings is 1. The van der Waals surface area contributed by atoms with Gasteiger partial charge in [-0.05, 0) is 31.0 Å². The van der Waals surface area contributed by atoms with E-state index < -0.39 is 0 Å². The highest BCUT2D eigenvalue weighted by Crippen LogP contribution is 2.24. The number of nitrogens with two attached hydrogens (primary N) is 1. The Bertz CT molecular complexity index is 570. The summed E-state index contributed by atoms with van der Waals surface area (Å²) < 4.78 is 12.9. The minimum absolute atomic E-state index is 0.00132. The molecule has 1 unspecified atom stereocenters. The predicted octanol–water partition coefficient (Wildman–Crippen LogP) is 2.64. The first kappa shape index (κ1) is 14.2. The SMILES string of the molecule is CCc1c(NN)ncnc1NC(C)c1ccc(F)cc1. The zero-order valence-electron chi connectivity index (χ0n) is 11.5. The van der Waals surface area contributed by atoms with Gasteiger partial charge in [-0.25, -0.2) is 20.2 Å². The van der Waals surface area contributed by atoms with E-state index in [1.54, 1.807) is 12.1 Å². The number of aromatic nitrogens is 2. The maximum Gasteiger partial charge on any atom is 0.148 e. The molecule has 0 amide bonds. The van der Waals surface area contributed by atoms with E-state index >= 15 is 0 Å². The van der Waals surface area contributed by atoms with Crippen molar-refractivity contribution in [3.8, 4) is 0 Å². The first-order valence-corrected chi connectivity index (χ1v) is 6.48. The molecule has 0 radical (unpaired) electrons. The smallest absolute Gasteiger partial charge is 0.148 e. The van der Waals surface area contributed by atoms with Crippen LogP contribution in [0.2, 0.25) is 0 Å². The number of halogens is 1. The van der Waals surface area contributed by atoms with Gasteiger partial charge in [0.15, 0.2) is 0 Å². The van der Waals surface area contributed by atoms with E-state index in [-0.39, 0.29) is 11.9 Å². The van der Waals surface area contributed by atoms with Gasteiger partial charge in [0.05, 0.1) is 0 Å². The summed E-state index contributed by atoms with van der Waals surface area (Å²) in [6.45, 7) is 4.00. The Morgan fingerprint density at radius 3 is 2.45 bits per heavy atom.